The van der Waals surface area contributed by atoms with Gasteiger partial charge in [-0.05, 0) is 6.42 Å². The van der Waals surface area contributed by atoms with Gasteiger partial charge in [-0.3, -0.25) is 4.79 Å². The fourth-order valence-electron chi connectivity index (χ4n) is 2.24. The monoisotopic (exact) mass is 256 g/mol. The summed E-state index contributed by atoms with van der Waals surface area (Å²) in [6.45, 7) is 4.06. The van der Waals surface area contributed by atoms with Crippen LogP contribution >= 0.6 is 0 Å². The summed E-state index contributed by atoms with van der Waals surface area (Å²) in [4.78, 5) is 10.6. The summed E-state index contributed by atoms with van der Waals surface area (Å²) in [5.74, 6) is -0.814. The van der Waals surface area contributed by atoms with Gasteiger partial charge in [-0.15, -0.1) is 0 Å². The van der Waals surface area contributed by atoms with Crippen LogP contribution in [0.1, 0.15) is 90.9 Å². The first-order valence-electron chi connectivity index (χ1n) is 7.91. The lowest BCUT2D eigenvalue weighted by molar-refractivity contribution is -0.141. The van der Waals surface area contributed by atoms with Gasteiger partial charge in [0.05, 0.1) is 5.92 Å². The first-order valence-corrected chi connectivity index (χ1v) is 7.91. The molecule has 0 saturated heterocycles. The molecule has 0 spiro atoms. The topological polar surface area (TPSA) is 37.3 Å². The number of unbranched alkanes of at least 4 members (excludes halogenated alkanes) is 10. The lowest BCUT2D eigenvalue weighted by Gasteiger charge is -2.05. The molecule has 0 heterocycles. The molecule has 0 aliphatic heterocycles. The predicted octanol–water partition coefficient (Wildman–Crippen LogP) is 5.41. The highest BCUT2D eigenvalue weighted by molar-refractivity contribution is 5.69. The van der Waals surface area contributed by atoms with Crippen LogP contribution in [0.5, 0.6) is 0 Å². The van der Waals surface area contributed by atoms with Crippen LogP contribution in [-0.2, 0) is 4.79 Å². The van der Waals surface area contributed by atoms with E-state index in [-0.39, 0.29) is 5.92 Å². The highest BCUT2D eigenvalue weighted by Crippen LogP contribution is 2.14. The van der Waals surface area contributed by atoms with Gasteiger partial charge in [0.1, 0.15) is 0 Å². The van der Waals surface area contributed by atoms with Crippen LogP contribution < -0.4 is 0 Å². The van der Waals surface area contributed by atoms with Crippen molar-refractivity contribution in [1.29, 1.82) is 0 Å². The van der Waals surface area contributed by atoms with Gasteiger partial charge in [-0.25, -0.2) is 0 Å². The number of carbonyl (C=O) groups is 1. The van der Waals surface area contributed by atoms with E-state index in [0.29, 0.717) is 0 Å². The molecule has 0 rings (SSSR count). The van der Waals surface area contributed by atoms with E-state index in [1.807, 2.05) is 0 Å². The molecule has 0 saturated carbocycles. The Kier molecular flexibility index (Phi) is 12.5. The molecule has 0 aromatic heterocycles. The summed E-state index contributed by atoms with van der Waals surface area (Å²) in [7, 11) is 0. The average Bonchev–Trinajstić information content (AvgIpc) is 2.35. The summed E-state index contributed by atoms with van der Waals surface area (Å²) in [5.41, 5.74) is 0. The quantitative estimate of drug-likeness (QED) is 0.447. The van der Waals surface area contributed by atoms with Crippen molar-refractivity contribution in [2.24, 2.45) is 5.92 Å². The van der Waals surface area contributed by atoms with Crippen LogP contribution in [-0.4, -0.2) is 11.1 Å². The molecule has 0 radical (unpaired) electrons. The molecule has 2 heteroatoms. The highest BCUT2D eigenvalue weighted by Gasteiger charge is 2.09. The fourth-order valence-corrected chi connectivity index (χ4v) is 2.24. The zero-order valence-electron chi connectivity index (χ0n) is 12.4. The van der Waals surface area contributed by atoms with E-state index >= 15 is 0 Å². The molecule has 0 aliphatic carbocycles. The molecule has 0 aromatic rings. The number of carboxylic acid groups (broad SMARTS) is 1. The lowest BCUT2D eigenvalue weighted by Crippen LogP contribution is -2.08. The number of aliphatic carboxylic acids is 1. The summed E-state index contributed by atoms with van der Waals surface area (Å²) >= 11 is 0. The number of rotatable bonds is 13. The Morgan fingerprint density at radius 1 is 0.833 bits per heavy atom. The van der Waals surface area contributed by atoms with Crippen molar-refractivity contribution in [2.75, 3.05) is 0 Å². The van der Waals surface area contributed by atoms with E-state index in [0.717, 1.165) is 12.8 Å². The zero-order chi connectivity index (χ0) is 13.6. The van der Waals surface area contributed by atoms with Crippen LogP contribution in [0.4, 0.5) is 0 Å². The second-order valence-corrected chi connectivity index (χ2v) is 5.56. The van der Waals surface area contributed by atoms with Crippen molar-refractivity contribution in [3.63, 3.8) is 0 Å². The third kappa shape index (κ3) is 11.9. The van der Waals surface area contributed by atoms with Gasteiger partial charge < -0.3 is 5.11 Å². The van der Waals surface area contributed by atoms with Gasteiger partial charge in [0.15, 0.2) is 0 Å². The van der Waals surface area contributed by atoms with E-state index in [4.69, 9.17) is 5.11 Å². The molecular formula is C16H32O2. The van der Waals surface area contributed by atoms with Crippen molar-refractivity contribution < 1.29 is 9.90 Å². The second-order valence-electron chi connectivity index (χ2n) is 5.56. The third-order valence-electron chi connectivity index (χ3n) is 3.66. The van der Waals surface area contributed by atoms with Gasteiger partial charge in [-0.2, -0.15) is 0 Å². The standard InChI is InChI=1S/C16H32O2/c1-3-4-5-6-7-8-9-10-11-12-13-14-15(2)16(17)18/h15H,3-14H2,1-2H3,(H,17,18). The molecular weight excluding hydrogens is 224 g/mol. The molecule has 1 atom stereocenters. The number of hydrogen-bond donors (Lipinski definition) is 1. The predicted molar refractivity (Wildman–Crippen MR) is 77.9 cm³/mol. The molecule has 1 N–H and O–H groups in total. The molecule has 108 valence electrons. The maximum absolute atomic E-state index is 10.6. The smallest absolute Gasteiger partial charge is 0.306 e. The summed E-state index contributed by atoms with van der Waals surface area (Å²) < 4.78 is 0. The minimum atomic E-state index is -0.651. The van der Waals surface area contributed by atoms with Crippen molar-refractivity contribution in [3.05, 3.63) is 0 Å². The Hall–Kier alpha value is -0.530. The van der Waals surface area contributed by atoms with E-state index in [2.05, 4.69) is 6.92 Å². The van der Waals surface area contributed by atoms with Gasteiger partial charge in [-0.1, -0.05) is 84.5 Å². The van der Waals surface area contributed by atoms with Gasteiger partial charge in [0, 0.05) is 0 Å². The maximum Gasteiger partial charge on any atom is 0.306 e. The van der Waals surface area contributed by atoms with E-state index < -0.39 is 5.97 Å². The average molecular weight is 256 g/mol. The molecule has 0 aliphatic rings. The van der Waals surface area contributed by atoms with E-state index in [1.165, 1.54) is 64.2 Å². The van der Waals surface area contributed by atoms with Gasteiger partial charge >= 0.3 is 5.97 Å². The number of hydrogen-bond acceptors (Lipinski definition) is 1. The minimum Gasteiger partial charge on any atom is -0.481 e. The van der Waals surface area contributed by atoms with Crippen LogP contribution in [0.15, 0.2) is 0 Å². The molecule has 1 unspecified atom stereocenters. The van der Waals surface area contributed by atoms with Crippen molar-refractivity contribution in [3.8, 4) is 0 Å². The summed E-state index contributed by atoms with van der Waals surface area (Å²) in [5, 5.41) is 8.74. The Balaban J connectivity index is 3.05. The molecule has 18 heavy (non-hydrogen) atoms. The Morgan fingerprint density at radius 2 is 1.22 bits per heavy atom. The van der Waals surface area contributed by atoms with E-state index in [1.54, 1.807) is 6.92 Å². The zero-order valence-corrected chi connectivity index (χ0v) is 12.4. The van der Waals surface area contributed by atoms with E-state index in [9.17, 15) is 4.79 Å². The Labute approximate surface area is 113 Å². The first kappa shape index (κ1) is 17.5. The SMILES string of the molecule is CCCCCCCCCCCCCC(C)C(=O)O. The summed E-state index contributed by atoms with van der Waals surface area (Å²) in [6.07, 6.45) is 15.4. The van der Waals surface area contributed by atoms with Crippen LogP contribution in [0.3, 0.4) is 0 Å². The van der Waals surface area contributed by atoms with Crippen molar-refractivity contribution in [1.82, 2.24) is 0 Å². The van der Waals surface area contributed by atoms with Gasteiger partial charge in [0.25, 0.3) is 0 Å². The summed E-state index contributed by atoms with van der Waals surface area (Å²) in [6, 6.07) is 0. The second kappa shape index (κ2) is 12.9. The van der Waals surface area contributed by atoms with Crippen LogP contribution in [0.25, 0.3) is 0 Å². The highest BCUT2D eigenvalue weighted by atomic mass is 16.4. The molecule has 0 amide bonds. The lowest BCUT2D eigenvalue weighted by atomic mass is 10.0. The first-order chi connectivity index (χ1) is 8.68. The Bertz CT molecular complexity index is 190. The normalized spacial score (nSPS) is 12.6. The van der Waals surface area contributed by atoms with Crippen LogP contribution in [0.2, 0.25) is 0 Å². The van der Waals surface area contributed by atoms with Crippen LogP contribution in [0, 0.1) is 5.92 Å². The molecule has 0 fully saturated rings. The molecule has 2 nitrogen and oxygen atoms in total. The fraction of sp³-hybridized carbons (Fsp3) is 0.938. The minimum absolute atomic E-state index is 0.163. The molecule has 0 bridgehead atoms. The number of carboxylic acids is 1. The Morgan fingerprint density at radius 3 is 1.61 bits per heavy atom. The van der Waals surface area contributed by atoms with Crippen molar-refractivity contribution in [2.45, 2.75) is 90.9 Å². The third-order valence-corrected chi connectivity index (χ3v) is 3.66. The maximum atomic E-state index is 10.6. The largest absolute Gasteiger partial charge is 0.481 e. The molecule has 0 aromatic carbocycles. The van der Waals surface area contributed by atoms with Crippen molar-refractivity contribution >= 4 is 5.97 Å². The van der Waals surface area contributed by atoms with Gasteiger partial charge in [0.2, 0.25) is 0 Å².